The molecule has 2 atom stereocenters. The van der Waals surface area contributed by atoms with E-state index in [2.05, 4.69) is 0 Å². The fourth-order valence-corrected chi connectivity index (χ4v) is 3.36. The van der Waals surface area contributed by atoms with Crippen LogP contribution < -0.4 is 0 Å². The quantitative estimate of drug-likeness (QED) is 0.572. The molecule has 0 fully saturated rings. The molecule has 0 radical (unpaired) electrons. The summed E-state index contributed by atoms with van der Waals surface area (Å²) in [6, 6.07) is 27.4. The second-order valence-corrected chi connectivity index (χ2v) is 6.03. The van der Waals surface area contributed by atoms with Gasteiger partial charge in [-0.2, -0.15) is 0 Å². The van der Waals surface area contributed by atoms with Gasteiger partial charge in [0.05, 0.1) is 0 Å². The lowest BCUT2D eigenvalue weighted by molar-refractivity contribution is 0.0190. The summed E-state index contributed by atoms with van der Waals surface area (Å²) < 4.78 is 0. The van der Waals surface area contributed by atoms with Crippen molar-refractivity contribution < 1.29 is 10.2 Å². The molecule has 24 heavy (non-hydrogen) atoms. The van der Waals surface area contributed by atoms with Gasteiger partial charge < -0.3 is 10.2 Å². The van der Waals surface area contributed by atoms with Crippen LogP contribution in [0.2, 0.25) is 0 Å². The lowest BCUT2D eigenvalue weighted by atomic mass is 9.91. The summed E-state index contributed by atoms with van der Waals surface area (Å²) in [5, 5.41) is 25.7. The highest BCUT2D eigenvalue weighted by molar-refractivity contribution is 5.87. The summed E-state index contributed by atoms with van der Waals surface area (Å²) in [4.78, 5) is 0. The smallest absolute Gasteiger partial charge is 0.110 e. The van der Waals surface area contributed by atoms with Crippen molar-refractivity contribution in [3.05, 3.63) is 96.1 Å². The fraction of sp³-hybridized carbons (Fsp3) is 0.0909. The lowest BCUT2D eigenvalue weighted by Gasteiger charge is -2.21. The average molecular weight is 314 g/mol. The molecule has 0 heterocycles. The molecule has 0 unspecified atom stereocenters. The predicted molar refractivity (Wildman–Crippen MR) is 97.8 cm³/mol. The van der Waals surface area contributed by atoms with E-state index in [0.29, 0.717) is 0 Å². The van der Waals surface area contributed by atoms with Crippen LogP contribution in [0.3, 0.4) is 0 Å². The van der Waals surface area contributed by atoms with Gasteiger partial charge in [0, 0.05) is 0 Å². The Labute approximate surface area is 140 Å². The molecule has 0 aromatic heterocycles. The highest BCUT2D eigenvalue weighted by Gasteiger charge is 2.23. The molecule has 0 bridgehead atoms. The topological polar surface area (TPSA) is 40.5 Å². The first-order valence-electron chi connectivity index (χ1n) is 8.07. The molecule has 0 aliphatic rings. The summed E-state index contributed by atoms with van der Waals surface area (Å²) in [6.45, 7) is 0. The summed E-state index contributed by atoms with van der Waals surface area (Å²) in [7, 11) is 0. The first kappa shape index (κ1) is 14.9. The molecule has 0 spiro atoms. The fourth-order valence-electron chi connectivity index (χ4n) is 3.36. The molecule has 0 amide bonds. The van der Waals surface area contributed by atoms with Crippen LogP contribution in [0.15, 0.2) is 84.9 Å². The third-order valence-corrected chi connectivity index (χ3v) is 4.58. The summed E-state index contributed by atoms with van der Waals surface area (Å²) in [5.74, 6) is 0. The number of aliphatic hydroxyl groups excluding tert-OH is 2. The van der Waals surface area contributed by atoms with E-state index in [1.165, 1.54) is 0 Å². The molecule has 2 nitrogen and oxygen atoms in total. The number of hydrogen-bond acceptors (Lipinski definition) is 2. The highest BCUT2D eigenvalue weighted by atomic mass is 16.3. The van der Waals surface area contributed by atoms with Gasteiger partial charge in [0.25, 0.3) is 0 Å². The SMILES string of the molecule is O[C@H](c1cccc2ccccc12)[C@@H](O)c1cccc2ccccc12. The van der Waals surface area contributed by atoms with Crippen molar-refractivity contribution in [1.82, 2.24) is 0 Å². The second kappa shape index (κ2) is 6.08. The van der Waals surface area contributed by atoms with Gasteiger partial charge in [0.15, 0.2) is 0 Å². The van der Waals surface area contributed by atoms with E-state index < -0.39 is 12.2 Å². The molecule has 0 aliphatic heterocycles. The van der Waals surface area contributed by atoms with Gasteiger partial charge in [-0.25, -0.2) is 0 Å². The summed E-state index contributed by atoms with van der Waals surface area (Å²) in [6.07, 6.45) is -1.97. The van der Waals surface area contributed by atoms with Crippen LogP contribution in [0.5, 0.6) is 0 Å². The molecule has 0 saturated heterocycles. The molecule has 4 aromatic rings. The van der Waals surface area contributed by atoms with E-state index in [1.54, 1.807) is 0 Å². The van der Waals surface area contributed by atoms with Crippen LogP contribution in [0.1, 0.15) is 23.3 Å². The number of hydrogen-bond donors (Lipinski definition) is 2. The van der Waals surface area contributed by atoms with Crippen molar-refractivity contribution in [3.63, 3.8) is 0 Å². The van der Waals surface area contributed by atoms with E-state index in [9.17, 15) is 10.2 Å². The molecule has 4 aromatic carbocycles. The van der Waals surface area contributed by atoms with E-state index in [0.717, 1.165) is 32.7 Å². The number of fused-ring (bicyclic) bond motifs is 2. The average Bonchev–Trinajstić information content (AvgIpc) is 2.66. The minimum atomic E-state index is -0.984. The molecule has 2 N–H and O–H groups in total. The number of aliphatic hydroxyl groups is 2. The van der Waals surface area contributed by atoms with Crippen LogP contribution in [-0.2, 0) is 0 Å². The van der Waals surface area contributed by atoms with Gasteiger partial charge >= 0.3 is 0 Å². The maximum atomic E-state index is 10.8. The zero-order valence-corrected chi connectivity index (χ0v) is 13.1. The van der Waals surface area contributed by atoms with Crippen LogP contribution in [0.25, 0.3) is 21.5 Å². The van der Waals surface area contributed by atoms with Gasteiger partial charge in [0.2, 0.25) is 0 Å². The van der Waals surface area contributed by atoms with Gasteiger partial charge in [0.1, 0.15) is 12.2 Å². The Morgan fingerprint density at radius 2 is 0.833 bits per heavy atom. The Morgan fingerprint density at radius 3 is 1.29 bits per heavy atom. The largest absolute Gasteiger partial charge is 0.385 e. The van der Waals surface area contributed by atoms with E-state index in [1.807, 2.05) is 84.9 Å². The normalized spacial score (nSPS) is 13.9. The lowest BCUT2D eigenvalue weighted by Crippen LogP contribution is -2.11. The molecule has 118 valence electrons. The standard InChI is InChI=1S/C22H18O2/c23-21(19-13-5-9-15-7-1-3-11-17(15)19)22(24)20-14-6-10-16-8-2-4-12-18(16)20/h1-14,21-24H/t21-,22+. The van der Waals surface area contributed by atoms with Crippen LogP contribution in [-0.4, -0.2) is 10.2 Å². The first-order chi connectivity index (χ1) is 11.8. The van der Waals surface area contributed by atoms with Crippen molar-refractivity contribution >= 4 is 21.5 Å². The molecule has 0 saturated carbocycles. The van der Waals surface area contributed by atoms with Gasteiger partial charge in [-0.15, -0.1) is 0 Å². The minimum absolute atomic E-state index is 0.744. The maximum absolute atomic E-state index is 10.8. The van der Waals surface area contributed by atoms with Gasteiger partial charge in [-0.1, -0.05) is 84.9 Å². The summed E-state index contributed by atoms with van der Waals surface area (Å²) >= 11 is 0. The maximum Gasteiger partial charge on any atom is 0.110 e. The van der Waals surface area contributed by atoms with Crippen molar-refractivity contribution in [3.8, 4) is 0 Å². The Hall–Kier alpha value is -2.68. The highest BCUT2D eigenvalue weighted by Crippen LogP contribution is 2.35. The molecule has 4 rings (SSSR count). The molecule has 2 heteroatoms. The Morgan fingerprint density at radius 1 is 0.458 bits per heavy atom. The molecular formula is C22H18O2. The third kappa shape index (κ3) is 2.46. The van der Waals surface area contributed by atoms with E-state index >= 15 is 0 Å². The number of benzene rings is 4. The zero-order valence-electron chi connectivity index (χ0n) is 13.1. The van der Waals surface area contributed by atoms with Crippen LogP contribution in [0.4, 0.5) is 0 Å². The van der Waals surface area contributed by atoms with E-state index in [-0.39, 0.29) is 0 Å². The zero-order chi connectivity index (χ0) is 16.5. The summed E-state index contributed by atoms with van der Waals surface area (Å²) in [5.41, 5.74) is 1.49. The Kier molecular flexibility index (Phi) is 3.77. The van der Waals surface area contributed by atoms with E-state index in [4.69, 9.17) is 0 Å². The first-order valence-corrected chi connectivity index (χ1v) is 8.07. The van der Waals surface area contributed by atoms with Gasteiger partial charge in [-0.05, 0) is 32.7 Å². The van der Waals surface area contributed by atoms with Crippen molar-refractivity contribution in [2.45, 2.75) is 12.2 Å². The van der Waals surface area contributed by atoms with Crippen molar-refractivity contribution in [2.75, 3.05) is 0 Å². The Bertz CT molecular complexity index is 913. The Balaban J connectivity index is 1.82. The van der Waals surface area contributed by atoms with Crippen LogP contribution >= 0.6 is 0 Å². The van der Waals surface area contributed by atoms with Crippen molar-refractivity contribution in [1.29, 1.82) is 0 Å². The van der Waals surface area contributed by atoms with Crippen molar-refractivity contribution in [2.24, 2.45) is 0 Å². The molecular weight excluding hydrogens is 296 g/mol. The monoisotopic (exact) mass is 314 g/mol. The third-order valence-electron chi connectivity index (χ3n) is 4.58. The second-order valence-electron chi connectivity index (χ2n) is 6.03. The van der Waals surface area contributed by atoms with Crippen LogP contribution in [0, 0.1) is 0 Å². The minimum Gasteiger partial charge on any atom is -0.385 e. The number of rotatable bonds is 3. The predicted octanol–water partition coefficient (Wildman–Crippen LogP) is 4.76. The van der Waals surface area contributed by atoms with Gasteiger partial charge in [-0.3, -0.25) is 0 Å². The molecule has 0 aliphatic carbocycles.